The number of pyridine rings is 1. The van der Waals surface area contributed by atoms with Crippen molar-refractivity contribution in [3.8, 4) is 5.75 Å². The number of sulfonamides is 1. The normalized spacial score (nSPS) is 11.4. The van der Waals surface area contributed by atoms with Crippen LogP contribution in [0.15, 0.2) is 78.0 Å². The number of hydrogen-bond acceptors (Lipinski definition) is 4. The van der Waals surface area contributed by atoms with Gasteiger partial charge in [0.2, 0.25) is 0 Å². The molecule has 1 N–H and O–H groups in total. The Kier molecular flexibility index (Phi) is 5.42. The number of para-hydroxylation sites is 1. The number of nitrogens with zero attached hydrogens (tertiary/aromatic N) is 1. The van der Waals surface area contributed by atoms with E-state index in [2.05, 4.69) is 4.72 Å². The molecule has 1 heterocycles. The van der Waals surface area contributed by atoms with E-state index in [1.54, 1.807) is 54.6 Å². The molecular weight excluding hydrogens is 364 g/mol. The third-order valence-electron chi connectivity index (χ3n) is 3.86. The average Bonchev–Trinajstić information content (AvgIpc) is 2.68. The molecule has 27 heavy (non-hydrogen) atoms. The van der Waals surface area contributed by atoms with Gasteiger partial charge < -0.3 is 9.94 Å². The SMILES string of the molecule is COc1ccc(S(=O)(=O)Nc2ccccc2/C=C/c2cc[n+]([O-])cc2)cc1. The Balaban J connectivity index is 1.85. The maximum atomic E-state index is 12.7. The highest BCUT2D eigenvalue weighted by Crippen LogP contribution is 2.23. The monoisotopic (exact) mass is 382 g/mol. The summed E-state index contributed by atoms with van der Waals surface area (Å²) in [5.41, 5.74) is 1.99. The predicted molar refractivity (Wildman–Crippen MR) is 105 cm³/mol. The van der Waals surface area contributed by atoms with E-state index in [4.69, 9.17) is 4.74 Å². The van der Waals surface area contributed by atoms with Gasteiger partial charge in [-0.2, -0.15) is 4.73 Å². The zero-order chi connectivity index (χ0) is 19.3. The third-order valence-corrected chi connectivity index (χ3v) is 5.24. The molecule has 3 aromatic rings. The van der Waals surface area contributed by atoms with Gasteiger partial charge in [-0.1, -0.05) is 30.4 Å². The van der Waals surface area contributed by atoms with Crippen LogP contribution in [-0.2, 0) is 10.0 Å². The van der Waals surface area contributed by atoms with Gasteiger partial charge >= 0.3 is 0 Å². The van der Waals surface area contributed by atoms with E-state index >= 15 is 0 Å². The molecule has 0 aliphatic carbocycles. The maximum absolute atomic E-state index is 12.7. The van der Waals surface area contributed by atoms with Crippen molar-refractivity contribution in [3.63, 3.8) is 0 Å². The van der Waals surface area contributed by atoms with E-state index in [0.29, 0.717) is 21.7 Å². The van der Waals surface area contributed by atoms with Crippen molar-refractivity contribution < 1.29 is 17.9 Å². The fourth-order valence-corrected chi connectivity index (χ4v) is 3.50. The lowest BCUT2D eigenvalue weighted by atomic mass is 10.1. The Hall–Kier alpha value is -3.32. The number of rotatable bonds is 6. The first kappa shape index (κ1) is 18.5. The molecule has 0 spiro atoms. The Bertz CT molecular complexity index is 1040. The molecule has 0 bridgehead atoms. The quantitative estimate of drug-likeness (QED) is 0.524. The van der Waals surface area contributed by atoms with Crippen molar-refractivity contribution in [1.29, 1.82) is 0 Å². The minimum absolute atomic E-state index is 0.144. The van der Waals surface area contributed by atoms with Crippen molar-refractivity contribution in [2.45, 2.75) is 4.90 Å². The van der Waals surface area contributed by atoms with Gasteiger partial charge in [-0.25, -0.2) is 8.42 Å². The summed E-state index contributed by atoms with van der Waals surface area (Å²) in [5.74, 6) is 0.583. The largest absolute Gasteiger partial charge is 0.619 e. The molecule has 0 amide bonds. The highest BCUT2D eigenvalue weighted by atomic mass is 32.2. The summed E-state index contributed by atoms with van der Waals surface area (Å²) in [7, 11) is -2.21. The number of hydrogen-bond donors (Lipinski definition) is 1. The van der Waals surface area contributed by atoms with Crippen LogP contribution in [0, 0.1) is 5.21 Å². The highest BCUT2D eigenvalue weighted by Gasteiger charge is 2.15. The van der Waals surface area contributed by atoms with Crippen LogP contribution in [0.2, 0.25) is 0 Å². The van der Waals surface area contributed by atoms with Crippen LogP contribution < -0.4 is 14.2 Å². The Morgan fingerprint density at radius 3 is 2.30 bits per heavy atom. The standard InChI is InChI=1S/C20H18N2O4S/c1-26-18-8-10-19(11-9-18)27(24,25)21-20-5-3-2-4-17(20)7-6-16-12-14-22(23)15-13-16/h2-15,21H,1H3/b7-6+. The lowest BCUT2D eigenvalue weighted by molar-refractivity contribution is -0.605. The number of nitrogens with one attached hydrogen (secondary N) is 1. The average molecular weight is 382 g/mol. The summed E-state index contributed by atoms with van der Waals surface area (Å²) < 4.78 is 33.7. The minimum atomic E-state index is -3.73. The topological polar surface area (TPSA) is 82.3 Å². The molecule has 2 aromatic carbocycles. The molecule has 0 aliphatic rings. The first-order chi connectivity index (χ1) is 13.0. The molecule has 0 saturated carbocycles. The molecule has 0 saturated heterocycles. The number of aromatic nitrogens is 1. The van der Waals surface area contributed by atoms with Crippen LogP contribution in [0.25, 0.3) is 12.2 Å². The van der Waals surface area contributed by atoms with Crippen molar-refractivity contribution in [2.75, 3.05) is 11.8 Å². The second kappa shape index (κ2) is 7.92. The molecule has 0 fully saturated rings. The lowest BCUT2D eigenvalue weighted by Crippen LogP contribution is -2.23. The van der Waals surface area contributed by atoms with Crippen LogP contribution >= 0.6 is 0 Å². The van der Waals surface area contributed by atoms with Gasteiger partial charge in [-0.05, 0) is 41.5 Å². The summed E-state index contributed by atoms with van der Waals surface area (Å²) in [6.07, 6.45) is 6.40. The first-order valence-electron chi connectivity index (χ1n) is 8.11. The first-order valence-corrected chi connectivity index (χ1v) is 9.59. The van der Waals surface area contributed by atoms with E-state index < -0.39 is 10.0 Å². The predicted octanol–water partition coefficient (Wildman–Crippen LogP) is 3.30. The van der Waals surface area contributed by atoms with Crippen LogP contribution in [-0.4, -0.2) is 15.5 Å². The van der Waals surface area contributed by atoms with E-state index in [-0.39, 0.29) is 4.90 Å². The van der Waals surface area contributed by atoms with Crippen LogP contribution in [0.4, 0.5) is 5.69 Å². The van der Waals surface area contributed by atoms with Crippen molar-refractivity contribution in [1.82, 2.24) is 0 Å². The fourth-order valence-electron chi connectivity index (χ4n) is 2.42. The van der Waals surface area contributed by atoms with E-state index in [9.17, 15) is 13.6 Å². The van der Waals surface area contributed by atoms with E-state index in [0.717, 1.165) is 5.56 Å². The molecule has 138 valence electrons. The van der Waals surface area contributed by atoms with Gasteiger partial charge in [0.05, 0.1) is 17.7 Å². The molecular formula is C20H18N2O4S. The molecule has 0 radical (unpaired) electrons. The molecule has 0 unspecified atom stereocenters. The smallest absolute Gasteiger partial charge is 0.261 e. The van der Waals surface area contributed by atoms with Gasteiger partial charge in [0, 0.05) is 12.1 Å². The lowest BCUT2D eigenvalue weighted by Gasteiger charge is -2.11. The van der Waals surface area contributed by atoms with Gasteiger partial charge in [-0.15, -0.1) is 0 Å². The number of ether oxygens (including phenoxy) is 1. The number of methoxy groups -OCH3 is 1. The zero-order valence-electron chi connectivity index (χ0n) is 14.6. The molecule has 0 aliphatic heterocycles. The molecule has 7 heteroatoms. The van der Waals surface area contributed by atoms with Crippen LogP contribution in [0.3, 0.4) is 0 Å². The summed E-state index contributed by atoms with van der Waals surface area (Å²) in [6, 6.07) is 16.6. The van der Waals surface area contributed by atoms with Crippen LogP contribution in [0.5, 0.6) is 5.75 Å². The summed E-state index contributed by atoms with van der Waals surface area (Å²) in [5, 5.41) is 11.1. The number of benzene rings is 2. The van der Waals surface area contributed by atoms with Gasteiger partial charge in [0.25, 0.3) is 10.0 Å². The van der Waals surface area contributed by atoms with Gasteiger partial charge in [0.15, 0.2) is 12.4 Å². The molecule has 3 rings (SSSR count). The molecule has 0 atom stereocenters. The Labute approximate surface area is 158 Å². The second-order valence-electron chi connectivity index (χ2n) is 5.69. The maximum Gasteiger partial charge on any atom is 0.261 e. The van der Waals surface area contributed by atoms with Gasteiger partial charge in [-0.3, -0.25) is 4.72 Å². The molecule has 6 nitrogen and oxygen atoms in total. The van der Waals surface area contributed by atoms with Crippen molar-refractivity contribution >= 4 is 27.9 Å². The van der Waals surface area contributed by atoms with E-state index in [1.807, 2.05) is 6.07 Å². The van der Waals surface area contributed by atoms with Crippen LogP contribution in [0.1, 0.15) is 11.1 Å². The Morgan fingerprint density at radius 1 is 0.963 bits per heavy atom. The summed E-state index contributed by atoms with van der Waals surface area (Å²) in [4.78, 5) is 0.144. The highest BCUT2D eigenvalue weighted by molar-refractivity contribution is 7.92. The second-order valence-corrected chi connectivity index (χ2v) is 7.38. The zero-order valence-corrected chi connectivity index (χ0v) is 15.4. The summed E-state index contributed by atoms with van der Waals surface area (Å²) >= 11 is 0. The Morgan fingerprint density at radius 2 is 1.63 bits per heavy atom. The fraction of sp³-hybridized carbons (Fsp3) is 0.0500. The number of anilines is 1. The van der Waals surface area contributed by atoms with Gasteiger partial charge in [0.1, 0.15) is 5.75 Å². The van der Waals surface area contributed by atoms with Crippen molar-refractivity contribution in [3.05, 3.63) is 89.4 Å². The van der Waals surface area contributed by atoms with E-state index in [1.165, 1.54) is 31.6 Å². The van der Waals surface area contributed by atoms with Crippen molar-refractivity contribution in [2.24, 2.45) is 0 Å². The summed E-state index contributed by atoms with van der Waals surface area (Å²) in [6.45, 7) is 0. The third kappa shape index (κ3) is 4.65. The molecule has 1 aromatic heterocycles. The minimum Gasteiger partial charge on any atom is -0.619 e.